The summed E-state index contributed by atoms with van der Waals surface area (Å²) in [4.78, 5) is 8.70. The summed E-state index contributed by atoms with van der Waals surface area (Å²) in [5.41, 5.74) is 8.85. The molecule has 0 unspecified atom stereocenters. The van der Waals surface area contributed by atoms with Crippen LogP contribution in [-0.4, -0.2) is 14.5 Å². The van der Waals surface area contributed by atoms with Gasteiger partial charge in [-0.2, -0.15) is 4.98 Å². The lowest BCUT2D eigenvalue weighted by molar-refractivity contribution is 0.862. The summed E-state index contributed by atoms with van der Waals surface area (Å²) in [6.07, 6.45) is 0. The van der Waals surface area contributed by atoms with Crippen molar-refractivity contribution < 1.29 is 0 Å². The Bertz CT molecular complexity index is 502. The average molecular weight is 281 g/mol. The van der Waals surface area contributed by atoms with Crippen molar-refractivity contribution in [2.45, 2.75) is 20.8 Å². The topological polar surface area (TPSA) is 56.7 Å². The van der Waals surface area contributed by atoms with Crippen LogP contribution in [0, 0.1) is 20.8 Å². The Labute approximate surface area is 103 Å². The molecule has 5 heteroatoms. The van der Waals surface area contributed by atoms with Crippen LogP contribution in [0.15, 0.2) is 16.6 Å². The molecule has 16 heavy (non-hydrogen) atoms. The second-order valence-corrected chi connectivity index (χ2v) is 4.55. The van der Waals surface area contributed by atoms with Crippen LogP contribution in [0.2, 0.25) is 0 Å². The van der Waals surface area contributed by atoms with E-state index in [0.717, 1.165) is 21.6 Å². The normalized spacial score (nSPS) is 10.8. The minimum Gasteiger partial charge on any atom is -0.383 e. The van der Waals surface area contributed by atoms with E-state index in [1.165, 1.54) is 0 Å². The molecule has 0 saturated carbocycles. The number of halogens is 1. The molecule has 0 aromatic carbocycles. The van der Waals surface area contributed by atoms with Gasteiger partial charge in [-0.3, -0.25) is 4.57 Å². The van der Waals surface area contributed by atoms with Crippen LogP contribution >= 0.6 is 15.9 Å². The fourth-order valence-electron chi connectivity index (χ4n) is 1.65. The van der Waals surface area contributed by atoms with Gasteiger partial charge in [0.1, 0.15) is 5.82 Å². The Balaban J connectivity index is 2.66. The standard InChI is InChI=1S/C11H13BrN4/c1-6-4-5-7(2)16(6)11-14-8(3)9(12)10(13)15-11/h4-5H,1-3H3,(H2,13,14,15). The summed E-state index contributed by atoms with van der Waals surface area (Å²) in [6.45, 7) is 5.94. The second kappa shape index (κ2) is 3.90. The molecule has 2 aromatic heterocycles. The average Bonchev–Trinajstić information content (AvgIpc) is 2.54. The first-order valence-electron chi connectivity index (χ1n) is 4.95. The van der Waals surface area contributed by atoms with Gasteiger partial charge >= 0.3 is 0 Å². The number of aromatic nitrogens is 3. The summed E-state index contributed by atoms with van der Waals surface area (Å²) < 4.78 is 2.74. The van der Waals surface area contributed by atoms with E-state index in [4.69, 9.17) is 5.73 Å². The number of hydrogen-bond donors (Lipinski definition) is 1. The minimum absolute atomic E-state index is 0.468. The number of aryl methyl sites for hydroxylation is 3. The van der Waals surface area contributed by atoms with Gasteiger partial charge in [0.25, 0.3) is 0 Å². The molecule has 2 rings (SSSR count). The number of anilines is 1. The number of nitrogen functional groups attached to an aromatic ring is 1. The Kier molecular flexibility index (Phi) is 2.71. The number of nitrogens with two attached hydrogens (primary N) is 1. The van der Waals surface area contributed by atoms with Crippen molar-refractivity contribution in [3.63, 3.8) is 0 Å². The molecule has 0 radical (unpaired) electrons. The summed E-state index contributed by atoms with van der Waals surface area (Å²) >= 11 is 3.35. The number of rotatable bonds is 1. The van der Waals surface area contributed by atoms with Crippen LogP contribution in [0.25, 0.3) is 5.95 Å². The van der Waals surface area contributed by atoms with Crippen LogP contribution in [0.4, 0.5) is 5.82 Å². The molecule has 0 spiro atoms. The minimum atomic E-state index is 0.468. The summed E-state index contributed by atoms with van der Waals surface area (Å²) in [5.74, 6) is 1.09. The van der Waals surface area contributed by atoms with Crippen LogP contribution in [0.1, 0.15) is 17.1 Å². The molecule has 2 heterocycles. The molecule has 84 valence electrons. The molecule has 0 aliphatic carbocycles. The first kappa shape index (κ1) is 11.1. The van der Waals surface area contributed by atoms with Crippen molar-refractivity contribution in [1.82, 2.24) is 14.5 Å². The van der Waals surface area contributed by atoms with Crippen LogP contribution in [0.5, 0.6) is 0 Å². The Morgan fingerprint density at radius 2 is 1.69 bits per heavy atom. The van der Waals surface area contributed by atoms with Crippen LogP contribution in [-0.2, 0) is 0 Å². The number of nitrogens with zero attached hydrogens (tertiary/aromatic N) is 3. The molecule has 0 aliphatic rings. The van der Waals surface area contributed by atoms with Gasteiger partial charge in [-0.05, 0) is 48.8 Å². The summed E-state index contributed by atoms with van der Waals surface area (Å²) in [5, 5.41) is 0. The van der Waals surface area contributed by atoms with Crippen molar-refractivity contribution in [2.75, 3.05) is 5.73 Å². The zero-order valence-electron chi connectivity index (χ0n) is 9.45. The molecule has 0 bridgehead atoms. The zero-order chi connectivity index (χ0) is 11.9. The Hall–Kier alpha value is -1.36. The highest BCUT2D eigenvalue weighted by molar-refractivity contribution is 9.10. The zero-order valence-corrected chi connectivity index (χ0v) is 11.0. The van der Waals surface area contributed by atoms with E-state index in [1.807, 2.05) is 37.5 Å². The van der Waals surface area contributed by atoms with Crippen LogP contribution < -0.4 is 5.73 Å². The molecule has 2 aromatic rings. The maximum absolute atomic E-state index is 5.82. The lowest BCUT2D eigenvalue weighted by Gasteiger charge is -2.10. The first-order chi connectivity index (χ1) is 7.50. The molecule has 2 N–H and O–H groups in total. The molecule has 0 aliphatic heterocycles. The van der Waals surface area contributed by atoms with Gasteiger partial charge in [0.05, 0.1) is 10.2 Å². The SMILES string of the molecule is Cc1nc(-n2c(C)ccc2C)nc(N)c1Br. The quantitative estimate of drug-likeness (QED) is 0.873. The van der Waals surface area contributed by atoms with E-state index in [1.54, 1.807) is 0 Å². The van der Waals surface area contributed by atoms with Gasteiger partial charge in [0.15, 0.2) is 0 Å². The molecule has 0 fully saturated rings. The lowest BCUT2D eigenvalue weighted by Crippen LogP contribution is -2.08. The predicted molar refractivity (Wildman–Crippen MR) is 67.7 cm³/mol. The predicted octanol–water partition coefficient (Wildman–Crippen LogP) is 2.54. The summed E-state index contributed by atoms with van der Waals surface area (Å²) in [6, 6.07) is 4.07. The van der Waals surface area contributed by atoms with E-state index in [9.17, 15) is 0 Å². The number of hydrogen-bond acceptors (Lipinski definition) is 3. The van der Waals surface area contributed by atoms with E-state index in [-0.39, 0.29) is 0 Å². The first-order valence-corrected chi connectivity index (χ1v) is 5.75. The van der Waals surface area contributed by atoms with Gasteiger partial charge in [0.2, 0.25) is 5.95 Å². The van der Waals surface area contributed by atoms with E-state index < -0.39 is 0 Å². The van der Waals surface area contributed by atoms with Crippen molar-refractivity contribution in [3.05, 3.63) is 33.7 Å². The van der Waals surface area contributed by atoms with Crippen LogP contribution in [0.3, 0.4) is 0 Å². The van der Waals surface area contributed by atoms with Gasteiger partial charge in [-0.1, -0.05) is 0 Å². The van der Waals surface area contributed by atoms with E-state index >= 15 is 0 Å². The molecule has 0 saturated heterocycles. The molecular formula is C11H13BrN4. The van der Waals surface area contributed by atoms with Crippen molar-refractivity contribution in [3.8, 4) is 5.95 Å². The monoisotopic (exact) mass is 280 g/mol. The summed E-state index contributed by atoms with van der Waals surface area (Å²) in [7, 11) is 0. The molecule has 0 amide bonds. The van der Waals surface area contributed by atoms with Crippen molar-refractivity contribution >= 4 is 21.7 Å². The molecular weight excluding hydrogens is 268 g/mol. The van der Waals surface area contributed by atoms with Crippen molar-refractivity contribution in [2.24, 2.45) is 0 Å². The molecule has 4 nitrogen and oxygen atoms in total. The van der Waals surface area contributed by atoms with Gasteiger partial charge in [-0.25, -0.2) is 4.98 Å². The maximum Gasteiger partial charge on any atom is 0.236 e. The third-order valence-electron chi connectivity index (χ3n) is 2.50. The highest BCUT2D eigenvalue weighted by atomic mass is 79.9. The third-order valence-corrected chi connectivity index (χ3v) is 3.48. The van der Waals surface area contributed by atoms with Crippen molar-refractivity contribution in [1.29, 1.82) is 0 Å². The third kappa shape index (κ3) is 1.71. The smallest absolute Gasteiger partial charge is 0.236 e. The molecule has 0 atom stereocenters. The second-order valence-electron chi connectivity index (χ2n) is 3.76. The Morgan fingerprint density at radius 1 is 1.12 bits per heavy atom. The Morgan fingerprint density at radius 3 is 2.19 bits per heavy atom. The maximum atomic E-state index is 5.82. The van der Waals surface area contributed by atoms with Gasteiger partial charge < -0.3 is 5.73 Å². The highest BCUT2D eigenvalue weighted by Gasteiger charge is 2.10. The van der Waals surface area contributed by atoms with E-state index in [2.05, 4.69) is 25.9 Å². The largest absolute Gasteiger partial charge is 0.383 e. The highest BCUT2D eigenvalue weighted by Crippen LogP contribution is 2.22. The van der Waals surface area contributed by atoms with E-state index in [0.29, 0.717) is 11.8 Å². The van der Waals surface area contributed by atoms with Gasteiger partial charge in [0, 0.05) is 11.4 Å². The fraction of sp³-hybridized carbons (Fsp3) is 0.273. The fourth-order valence-corrected chi connectivity index (χ4v) is 1.83. The van der Waals surface area contributed by atoms with Gasteiger partial charge in [-0.15, -0.1) is 0 Å². The lowest BCUT2D eigenvalue weighted by atomic mass is 10.4.